The molecular weight excluding hydrogens is 501 g/mol. The molecule has 0 amide bonds. The molecule has 5 rings (SSSR count). The predicted octanol–water partition coefficient (Wildman–Crippen LogP) is 2.53. The first kappa shape index (κ1) is 24.0. The number of aromatic nitrogens is 7. The standard InChI is InChI=1S/C24H19ClFN9O2/c1-32-11-16-6-20(17(25)7-19(16)30-32)29-22-8-23(36)35(12-21-28-13-33(2)31-21)24(37)34(22)10-14-3-4-18(26)15(5-14)9-27/h3-8,11,13,29H,10,12H2,1-2H3. The molecular formula is C24H19ClFN9O2. The van der Waals surface area contributed by atoms with Crippen molar-refractivity contribution in [3.63, 3.8) is 0 Å². The van der Waals surface area contributed by atoms with Crippen LogP contribution in [0.4, 0.5) is 15.9 Å². The molecule has 0 aliphatic rings. The molecule has 0 spiro atoms. The van der Waals surface area contributed by atoms with Crippen LogP contribution in [0.3, 0.4) is 0 Å². The van der Waals surface area contributed by atoms with Crippen molar-refractivity contribution in [2.45, 2.75) is 13.1 Å². The van der Waals surface area contributed by atoms with Gasteiger partial charge >= 0.3 is 5.69 Å². The van der Waals surface area contributed by atoms with E-state index >= 15 is 0 Å². The van der Waals surface area contributed by atoms with Gasteiger partial charge in [-0.1, -0.05) is 17.7 Å². The first-order chi connectivity index (χ1) is 17.7. The van der Waals surface area contributed by atoms with E-state index in [4.69, 9.17) is 11.6 Å². The topological polar surface area (TPSA) is 128 Å². The van der Waals surface area contributed by atoms with Gasteiger partial charge < -0.3 is 5.32 Å². The average molecular weight is 520 g/mol. The number of nitriles is 1. The monoisotopic (exact) mass is 519 g/mol. The minimum Gasteiger partial charge on any atom is -0.340 e. The lowest BCUT2D eigenvalue weighted by atomic mass is 10.1. The van der Waals surface area contributed by atoms with Crippen LogP contribution < -0.4 is 16.6 Å². The molecule has 0 atom stereocenters. The molecule has 0 saturated heterocycles. The van der Waals surface area contributed by atoms with Crippen molar-refractivity contribution in [2.75, 3.05) is 5.32 Å². The quantitative estimate of drug-likeness (QED) is 0.365. The number of hydrogen-bond acceptors (Lipinski definition) is 7. The number of benzene rings is 2. The Morgan fingerprint density at radius 3 is 2.59 bits per heavy atom. The zero-order valence-electron chi connectivity index (χ0n) is 19.7. The highest BCUT2D eigenvalue weighted by Crippen LogP contribution is 2.29. The summed E-state index contributed by atoms with van der Waals surface area (Å²) in [7, 11) is 3.46. The number of hydrogen-bond donors (Lipinski definition) is 1. The maximum atomic E-state index is 13.9. The first-order valence-corrected chi connectivity index (χ1v) is 11.4. The fourth-order valence-electron chi connectivity index (χ4n) is 3.96. The van der Waals surface area contributed by atoms with Crippen LogP contribution in [0, 0.1) is 17.1 Å². The molecule has 0 radical (unpaired) electrons. The van der Waals surface area contributed by atoms with E-state index in [0.717, 1.165) is 16.0 Å². The zero-order valence-corrected chi connectivity index (χ0v) is 20.4. The van der Waals surface area contributed by atoms with Crippen molar-refractivity contribution in [3.8, 4) is 6.07 Å². The molecule has 3 aromatic heterocycles. The van der Waals surface area contributed by atoms with Crippen LogP contribution in [-0.2, 0) is 27.2 Å². The van der Waals surface area contributed by atoms with Gasteiger partial charge in [-0.3, -0.25) is 23.3 Å². The van der Waals surface area contributed by atoms with Gasteiger partial charge in [0, 0.05) is 31.7 Å². The molecule has 13 heteroatoms. The maximum absolute atomic E-state index is 13.9. The summed E-state index contributed by atoms with van der Waals surface area (Å²) < 4.78 is 19.3. The lowest BCUT2D eigenvalue weighted by molar-refractivity contribution is 0.596. The Morgan fingerprint density at radius 1 is 1.05 bits per heavy atom. The van der Waals surface area contributed by atoms with Crippen molar-refractivity contribution in [1.29, 1.82) is 5.26 Å². The van der Waals surface area contributed by atoms with Crippen molar-refractivity contribution >= 4 is 34.0 Å². The lowest BCUT2D eigenvalue weighted by Gasteiger charge is -2.17. The summed E-state index contributed by atoms with van der Waals surface area (Å²) in [5.74, 6) is -0.222. The summed E-state index contributed by atoms with van der Waals surface area (Å²) in [6.07, 6.45) is 3.27. The first-order valence-electron chi connectivity index (χ1n) is 11.0. The number of rotatable bonds is 6. The molecule has 0 aliphatic heterocycles. The molecule has 2 aromatic carbocycles. The van der Waals surface area contributed by atoms with Crippen molar-refractivity contribution in [2.24, 2.45) is 14.1 Å². The summed E-state index contributed by atoms with van der Waals surface area (Å²) in [4.78, 5) is 30.7. The van der Waals surface area contributed by atoms with Gasteiger partial charge in [0.15, 0.2) is 5.82 Å². The molecule has 0 aliphatic carbocycles. The Bertz CT molecular complexity index is 1830. The molecule has 0 unspecified atom stereocenters. The maximum Gasteiger partial charge on any atom is 0.333 e. The van der Waals surface area contributed by atoms with Crippen molar-refractivity contribution in [1.82, 2.24) is 33.7 Å². The Balaban J connectivity index is 1.63. The van der Waals surface area contributed by atoms with Crippen LogP contribution in [0.25, 0.3) is 10.9 Å². The fraction of sp³-hybridized carbons (Fsp3) is 0.167. The third-order valence-corrected chi connectivity index (χ3v) is 6.00. The van der Waals surface area contributed by atoms with Crippen LogP contribution in [-0.4, -0.2) is 33.7 Å². The normalized spacial score (nSPS) is 11.1. The van der Waals surface area contributed by atoms with Crippen LogP contribution >= 0.6 is 11.6 Å². The van der Waals surface area contributed by atoms with E-state index in [9.17, 15) is 19.2 Å². The van der Waals surface area contributed by atoms with Gasteiger partial charge in [-0.25, -0.2) is 14.2 Å². The SMILES string of the molecule is Cn1cnc(Cn2c(=O)cc(Nc3cc4cn(C)nc4cc3Cl)n(Cc3ccc(F)c(C#N)c3)c2=O)n1. The van der Waals surface area contributed by atoms with Crippen LogP contribution in [0.2, 0.25) is 5.02 Å². The third kappa shape index (κ3) is 4.72. The second-order valence-electron chi connectivity index (χ2n) is 8.40. The fourth-order valence-corrected chi connectivity index (χ4v) is 4.16. The molecule has 3 heterocycles. The van der Waals surface area contributed by atoms with Gasteiger partial charge in [-0.05, 0) is 29.8 Å². The summed E-state index contributed by atoms with van der Waals surface area (Å²) in [6, 6.07) is 10.5. The number of nitrogens with one attached hydrogen (secondary N) is 1. The van der Waals surface area contributed by atoms with Gasteiger partial charge in [0.2, 0.25) is 0 Å². The minimum atomic E-state index is -0.667. The lowest BCUT2D eigenvalue weighted by Crippen LogP contribution is -2.41. The van der Waals surface area contributed by atoms with E-state index in [1.807, 2.05) is 6.20 Å². The zero-order chi connectivity index (χ0) is 26.3. The number of nitrogens with zero attached hydrogens (tertiary/aromatic N) is 8. The molecule has 0 fully saturated rings. The van der Waals surface area contributed by atoms with E-state index in [0.29, 0.717) is 21.8 Å². The minimum absolute atomic E-state index is 0.0567. The van der Waals surface area contributed by atoms with E-state index < -0.39 is 17.1 Å². The van der Waals surface area contributed by atoms with Crippen LogP contribution in [0.1, 0.15) is 17.0 Å². The molecule has 37 heavy (non-hydrogen) atoms. The summed E-state index contributed by atoms with van der Waals surface area (Å²) in [6.45, 7) is -0.202. The molecule has 0 saturated carbocycles. The summed E-state index contributed by atoms with van der Waals surface area (Å²) >= 11 is 6.47. The Morgan fingerprint density at radius 2 is 1.86 bits per heavy atom. The molecule has 5 aromatic rings. The second kappa shape index (κ2) is 9.36. The Kier molecular flexibility index (Phi) is 6.06. The van der Waals surface area contributed by atoms with Crippen molar-refractivity contribution in [3.05, 3.63) is 97.6 Å². The molecule has 186 valence electrons. The number of fused-ring (bicyclic) bond motifs is 1. The van der Waals surface area contributed by atoms with Crippen LogP contribution in [0.5, 0.6) is 0 Å². The highest BCUT2D eigenvalue weighted by atomic mass is 35.5. The van der Waals surface area contributed by atoms with Gasteiger partial charge in [0.25, 0.3) is 5.56 Å². The second-order valence-corrected chi connectivity index (χ2v) is 8.81. The van der Waals surface area contributed by atoms with E-state index in [1.165, 1.54) is 33.8 Å². The van der Waals surface area contributed by atoms with Crippen LogP contribution in [0.15, 0.2) is 58.5 Å². The van der Waals surface area contributed by atoms with Crippen molar-refractivity contribution < 1.29 is 4.39 Å². The number of aryl methyl sites for hydroxylation is 2. The van der Waals surface area contributed by atoms with E-state index in [2.05, 4.69) is 20.5 Å². The van der Waals surface area contributed by atoms with E-state index in [1.54, 1.807) is 37.0 Å². The molecule has 11 nitrogen and oxygen atoms in total. The van der Waals surface area contributed by atoms with Gasteiger partial charge in [0.1, 0.15) is 24.0 Å². The number of halogens is 2. The largest absolute Gasteiger partial charge is 0.340 e. The third-order valence-electron chi connectivity index (χ3n) is 5.69. The highest BCUT2D eigenvalue weighted by Gasteiger charge is 2.16. The van der Waals surface area contributed by atoms with Gasteiger partial charge in [0.05, 0.1) is 34.9 Å². The smallest absolute Gasteiger partial charge is 0.333 e. The highest BCUT2D eigenvalue weighted by molar-refractivity contribution is 6.34. The van der Waals surface area contributed by atoms with Gasteiger partial charge in [-0.15, -0.1) is 0 Å². The number of anilines is 2. The summed E-state index contributed by atoms with van der Waals surface area (Å²) in [5, 5.41) is 21.9. The molecule has 0 bridgehead atoms. The Hall–Kier alpha value is -4.76. The molecule has 1 N–H and O–H groups in total. The summed E-state index contributed by atoms with van der Waals surface area (Å²) in [5.41, 5.74) is 0.240. The predicted molar refractivity (Wildman–Crippen MR) is 134 cm³/mol. The van der Waals surface area contributed by atoms with Gasteiger partial charge in [-0.2, -0.15) is 15.5 Å². The average Bonchev–Trinajstić information content (AvgIpc) is 3.43. The van der Waals surface area contributed by atoms with E-state index in [-0.39, 0.29) is 30.3 Å². The Labute approximate surface area is 213 Å².